The summed E-state index contributed by atoms with van der Waals surface area (Å²) in [5.41, 5.74) is 0.485. The molecule has 0 saturated carbocycles. The van der Waals surface area contributed by atoms with Crippen LogP contribution in [0.4, 0.5) is 21.7 Å². The number of anilines is 3. The maximum atomic E-state index is 13.3. The van der Waals surface area contributed by atoms with Crippen molar-refractivity contribution in [1.82, 2.24) is 9.97 Å². The standard InChI is InChI=1S/C15H18ClFN4/c1-3-7-18-14-9-15(21-13(4-2)20-14)19-12-8-10(17)5-6-11(12)16/h5-6,8-9H,3-4,7H2,1-2H3,(H2,18,19,20,21). The van der Waals surface area contributed by atoms with E-state index in [1.807, 2.05) is 6.92 Å². The zero-order chi connectivity index (χ0) is 15.2. The Morgan fingerprint density at radius 2 is 1.90 bits per heavy atom. The molecule has 2 N–H and O–H groups in total. The molecule has 112 valence electrons. The first-order valence-corrected chi connectivity index (χ1v) is 7.34. The van der Waals surface area contributed by atoms with E-state index in [4.69, 9.17) is 11.6 Å². The number of hydrogen-bond donors (Lipinski definition) is 2. The van der Waals surface area contributed by atoms with Crippen LogP contribution in [0.5, 0.6) is 0 Å². The van der Waals surface area contributed by atoms with Crippen molar-refractivity contribution in [1.29, 1.82) is 0 Å². The van der Waals surface area contributed by atoms with Crippen LogP contribution in [0.2, 0.25) is 5.02 Å². The second-order valence-corrected chi connectivity index (χ2v) is 4.99. The summed E-state index contributed by atoms with van der Waals surface area (Å²) in [6.45, 7) is 4.90. The van der Waals surface area contributed by atoms with Gasteiger partial charge in [0.25, 0.3) is 0 Å². The highest BCUT2D eigenvalue weighted by molar-refractivity contribution is 6.33. The summed E-state index contributed by atoms with van der Waals surface area (Å²) in [7, 11) is 0. The maximum absolute atomic E-state index is 13.3. The minimum atomic E-state index is -0.351. The second kappa shape index (κ2) is 7.22. The molecule has 0 bridgehead atoms. The second-order valence-electron chi connectivity index (χ2n) is 4.58. The van der Waals surface area contributed by atoms with Crippen LogP contribution in [0.1, 0.15) is 26.1 Å². The first-order chi connectivity index (χ1) is 10.1. The van der Waals surface area contributed by atoms with Crippen LogP contribution in [0.25, 0.3) is 0 Å². The molecule has 0 amide bonds. The molecule has 2 aromatic rings. The molecule has 0 radical (unpaired) electrons. The van der Waals surface area contributed by atoms with E-state index >= 15 is 0 Å². The van der Waals surface area contributed by atoms with Gasteiger partial charge in [-0.1, -0.05) is 25.4 Å². The van der Waals surface area contributed by atoms with Crippen molar-refractivity contribution in [2.24, 2.45) is 0 Å². The number of nitrogens with one attached hydrogen (secondary N) is 2. The number of hydrogen-bond acceptors (Lipinski definition) is 4. The summed E-state index contributed by atoms with van der Waals surface area (Å²) < 4.78 is 13.3. The Morgan fingerprint density at radius 3 is 2.62 bits per heavy atom. The summed E-state index contributed by atoms with van der Waals surface area (Å²) in [4.78, 5) is 8.78. The van der Waals surface area contributed by atoms with Gasteiger partial charge >= 0.3 is 0 Å². The van der Waals surface area contributed by atoms with E-state index in [2.05, 4.69) is 27.5 Å². The Bertz CT molecular complexity index is 619. The van der Waals surface area contributed by atoms with Crippen LogP contribution >= 0.6 is 11.6 Å². The maximum Gasteiger partial charge on any atom is 0.136 e. The van der Waals surface area contributed by atoms with Gasteiger partial charge in [0.05, 0.1) is 10.7 Å². The molecule has 0 saturated heterocycles. The molecule has 21 heavy (non-hydrogen) atoms. The van der Waals surface area contributed by atoms with Gasteiger partial charge in [-0.3, -0.25) is 0 Å². The minimum absolute atomic E-state index is 0.351. The summed E-state index contributed by atoms with van der Waals surface area (Å²) in [6, 6.07) is 5.96. The highest BCUT2D eigenvalue weighted by atomic mass is 35.5. The van der Waals surface area contributed by atoms with Crippen LogP contribution in [0.15, 0.2) is 24.3 Å². The fourth-order valence-electron chi connectivity index (χ4n) is 1.79. The average Bonchev–Trinajstić information content (AvgIpc) is 2.48. The van der Waals surface area contributed by atoms with Crippen LogP contribution in [-0.2, 0) is 6.42 Å². The topological polar surface area (TPSA) is 49.8 Å². The normalized spacial score (nSPS) is 10.5. The lowest BCUT2D eigenvalue weighted by Gasteiger charge is -2.11. The van der Waals surface area contributed by atoms with Crippen LogP contribution in [0, 0.1) is 5.82 Å². The van der Waals surface area contributed by atoms with Gasteiger partial charge in [-0.05, 0) is 24.6 Å². The monoisotopic (exact) mass is 308 g/mol. The Labute approximate surface area is 128 Å². The van der Waals surface area contributed by atoms with Crippen LogP contribution in [0.3, 0.4) is 0 Å². The van der Waals surface area contributed by atoms with Crippen molar-refractivity contribution >= 4 is 28.9 Å². The van der Waals surface area contributed by atoms with Crippen molar-refractivity contribution in [3.63, 3.8) is 0 Å². The summed E-state index contributed by atoms with van der Waals surface area (Å²) in [5.74, 6) is 1.70. The lowest BCUT2D eigenvalue weighted by molar-refractivity contribution is 0.628. The van der Waals surface area contributed by atoms with E-state index in [1.54, 1.807) is 6.07 Å². The van der Waals surface area contributed by atoms with E-state index in [1.165, 1.54) is 18.2 Å². The minimum Gasteiger partial charge on any atom is -0.370 e. The van der Waals surface area contributed by atoms with Gasteiger partial charge < -0.3 is 10.6 Å². The molecule has 0 aliphatic carbocycles. The van der Waals surface area contributed by atoms with Gasteiger partial charge in [-0.25, -0.2) is 14.4 Å². The summed E-state index contributed by atoms with van der Waals surface area (Å²) in [6.07, 6.45) is 1.72. The Balaban J connectivity index is 2.27. The summed E-state index contributed by atoms with van der Waals surface area (Å²) in [5, 5.41) is 6.71. The zero-order valence-electron chi connectivity index (χ0n) is 12.1. The molecule has 1 aromatic heterocycles. The molecule has 0 fully saturated rings. The molecule has 2 rings (SSSR count). The van der Waals surface area contributed by atoms with Gasteiger partial charge in [0.1, 0.15) is 23.3 Å². The van der Waals surface area contributed by atoms with Gasteiger partial charge in [0, 0.05) is 19.0 Å². The molecule has 6 heteroatoms. The van der Waals surface area contributed by atoms with E-state index in [0.29, 0.717) is 28.8 Å². The lowest BCUT2D eigenvalue weighted by atomic mass is 10.3. The van der Waals surface area contributed by atoms with Crippen LogP contribution in [-0.4, -0.2) is 16.5 Å². The molecule has 1 aromatic carbocycles. The number of halogens is 2. The number of benzene rings is 1. The SMILES string of the molecule is CCCNc1cc(Nc2cc(F)ccc2Cl)nc(CC)n1. The first kappa shape index (κ1) is 15.5. The highest BCUT2D eigenvalue weighted by Gasteiger charge is 2.07. The fraction of sp³-hybridized carbons (Fsp3) is 0.333. The number of aromatic nitrogens is 2. The molecule has 0 spiro atoms. The van der Waals surface area contributed by atoms with Crippen molar-refractivity contribution in [2.45, 2.75) is 26.7 Å². The van der Waals surface area contributed by atoms with Crippen molar-refractivity contribution in [3.05, 3.63) is 40.9 Å². The number of aryl methyl sites for hydroxylation is 1. The van der Waals surface area contributed by atoms with Gasteiger partial charge in [-0.2, -0.15) is 0 Å². The average molecular weight is 309 g/mol. The molecule has 0 aliphatic heterocycles. The Kier molecular flexibility index (Phi) is 5.33. The molecular weight excluding hydrogens is 291 g/mol. The molecule has 0 aliphatic rings. The molecule has 4 nitrogen and oxygen atoms in total. The first-order valence-electron chi connectivity index (χ1n) is 6.96. The summed E-state index contributed by atoms with van der Waals surface area (Å²) >= 11 is 6.05. The predicted molar refractivity (Wildman–Crippen MR) is 84.9 cm³/mol. The lowest BCUT2D eigenvalue weighted by Crippen LogP contribution is -2.07. The molecule has 0 unspecified atom stereocenters. The van der Waals surface area contributed by atoms with E-state index in [9.17, 15) is 4.39 Å². The third-order valence-corrected chi connectivity index (χ3v) is 3.17. The van der Waals surface area contributed by atoms with Crippen molar-refractivity contribution < 1.29 is 4.39 Å². The van der Waals surface area contributed by atoms with E-state index < -0.39 is 0 Å². The Hall–Kier alpha value is -1.88. The Morgan fingerprint density at radius 1 is 1.14 bits per heavy atom. The van der Waals surface area contributed by atoms with Crippen molar-refractivity contribution in [2.75, 3.05) is 17.2 Å². The van der Waals surface area contributed by atoms with Gasteiger partial charge in [0.2, 0.25) is 0 Å². The predicted octanol–water partition coefficient (Wildman–Crippen LogP) is 4.40. The quantitative estimate of drug-likeness (QED) is 0.830. The largest absolute Gasteiger partial charge is 0.370 e. The van der Waals surface area contributed by atoms with Gasteiger partial charge in [-0.15, -0.1) is 0 Å². The fourth-order valence-corrected chi connectivity index (χ4v) is 1.96. The third-order valence-electron chi connectivity index (χ3n) is 2.84. The number of nitrogens with zero attached hydrogens (tertiary/aromatic N) is 2. The van der Waals surface area contributed by atoms with Crippen LogP contribution < -0.4 is 10.6 Å². The highest BCUT2D eigenvalue weighted by Crippen LogP contribution is 2.26. The smallest absolute Gasteiger partial charge is 0.136 e. The van der Waals surface area contributed by atoms with E-state index in [-0.39, 0.29) is 5.82 Å². The van der Waals surface area contributed by atoms with E-state index in [0.717, 1.165) is 18.8 Å². The van der Waals surface area contributed by atoms with Crippen molar-refractivity contribution in [3.8, 4) is 0 Å². The zero-order valence-corrected chi connectivity index (χ0v) is 12.8. The molecule has 0 atom stereocenters. The number of rotatable bonds is 6. The third kappa shape index (κ3) is 4.29. The van der Waals surface area contributed by atoms with Gasteiger partial charge in [0.15, 0.2) is 0 Å². The molecular formula is C15H18ClFN4. The molecule has 1 heterocycles.